The van der Waals surface area contributed by atoms with Gasteiger partial charge in [-0.05, 0) is 17.9 Å². The third-order valence-corrected chi connectivity index (χ3v) is 3.91. The van der Waals surface area contributed by atoms with Gasteiger partial charge < -0.3 is 10.3 Å². The fourth-order valence-electron chi connectivity index (χ4n) is 2.37. The molecule has 4 heteroatoms. The van der Waals surface area contributed by atoms with Gasteiger partial charge in [0, 0.05) is 18.5 Å². The maximum Gasteiger partial charge on any atom is 0.226 e. The molecule has 3 rings (SSSR count). The van der Waals surface area contributed by atoms with Crippen LogP contribution in [-0.2, 0) is 13.0 Å². The molecule has 0 saturated heterocycles. The molecule has 0 amide bonds. The van der Waals surface area contributed by atoms with Gasteiger partial charge in [0.25, 0.3) is 0 Å². The second-order valence-electron chi connectivity index (χ2n) is 5.25. The molecule has 19 heavy (non-hydrogen) atoms. The normalized spacial score (nSPS) is 15.4. The highest BCUT2D eigenvalue weighted by atomic mass is 16.5. The Balaban J connectivity index is 1.65. The Morgan fingerprint density at radius 2 is 2.00 bits per heavy atom. The zero-order chi connectivity index (χ0) is 13.1. The number of hydrogen-bond acceptors (Lipinski definition) is 4. The molecule has 1 aromatic heterocycles. The summed E-state index contributed by atoms with van der Waals surface area (Å²) >= 11 is 0. The van der Waals surface area contributed by atoms with Crippen molar-refractivity contribution in [2.24, 2.45) is 11.7 Å². The van der Waals surface area contributed by atoms with Gasteiger partial charge in [-0.3, -0.25) is 0 Å². The van der Waals surface area contributed by atoms with Crippen molar-refractivity contribution in [3.63, 3.8) is 0 Å². The molecule has 1 aliphatic rings. The van der Waals surface area contributed by atoms with Crippen LogP contribution in [0.1, 0.15) is 37.1 Å². The van der Waals surface area contributed by atoms with Gasteiger partial charge in [-0.1, -0.05) is 48.7 Å². The molecule has 1 heterocycles. The molecule has 1 fully saturated rings. The Morgan fingerprint density at radius 1 is 1.21 bits per heavy atom. The lowest BCUT2D eigenvalue weighted by atomic mass is 9.82. The number of aromatic nitrogens is 2. The fraction of sp³-hybridized carbons (Fsp3) is 0.467. The summed E-state index contributed by atoms with van der Waals surface area (Å²) in [5.74, 6) is 2.30. The number of aryl methyl sites for hydroxylation is 1. The largest absolute Gasteiger partial charge is 0.339 e. The van der Waals surface area contributed by atoms with Gasteiger partial charge in [0.1, 0.15) is 0 Å². The summed E-state index contributed by atoms with van der Waals surface area (Å²) in [6.45, 7) is 0.555. The van der Waals surface area contributed by atoms with Crippen LogP contribution in [0, 0.1) is 5.92 Å². The molecular formula is C15H19N3O. The summed E-state index contributed by atoms with van der Waals surface area (Å²) in [4.78, 5) is 4.46. The maximum absolute atomic E-state index is 5.58. The van der Waals surface area contributed by atoms with Crippen LogP contribution in [0.2, 0.25) is 0 Å². The second-order valence-corrected chi connectivity index (χ2v) is 5.25. The van der Waals surface area contributed by atoms with Crippen LogP contribution in [0.15, 0.2) is 28.8 Å². The minimum absolute atomic E-state index is 0.555. The molecule has 0 aliphatic heterocycles. The lowest BCUT2D eigenvalue weighted by molar-refractivity contribution is 0.280. The predicted molar refractivity (Wildman–Crippen MR) is 73.3 cm³/mol. The first-order chi connectivity index (χ1) is 9.35. The summed E-state index contributed by atoms with van der Waals surface area (Å²) in [7, 11) is 0. The minimum atomic E-state index is 0.555. The lowest BCUT2D eigenvalue weighted by Gasteiger charge is -2.24. The summed E-state index contributed by atoms with van der Waals surface area (Å²) in [5.41, 5.74) is 7.67. The van der Waals surface area contributed by atoms with Crippen molar-refractivity contribution in [2.75, 3.05) is 0 Å². The Labute approximate surface area is 113 Å². The molecule has 100 valence electrons. The molecule has 1 aliphatic carbocycles. The molecule has 1 saturated carbocycles. The van der Waals surface area contributed by atoms with Crippen LogP contribution in [-0.4, -0.2) is 10.1 Å². The van der Waals surface area contributed by atoms with Crippen LogP contribution in [0.25, 0.3) is 11.4 Å². The average Bonchev–Trinajstić information content (AvgIpc) is 2.86. The first-order valence-electron chi connectivity index (χ1n) is 6.97. The number of benzene rings is 1. The Bertz CT molecular complexity index is 529. The van der Waals surface area contributed by atoms with Gasteiger partial charge in [0.15, 0.2) is 0 Å². The number of nitrogens with zero attached hydrogens (tertiary/aromatic N) is 2. The van der Waals surface area contributed by atoms with Gasteiger partial charge in [-0.15, -0.1) is 0 Å². The van der Waals surface area contributed by atoms with Gasteiger partial charge >= 0.3 is 0 Å². The van der Waals surface area contributed by atoms with E-state index in [1.165, 1.54) is 25.7 Å². The number of nitrogens with two attached hydrogens (primary N) is 1. The van der Waals surface area contributed by atoms with Crippen LogP contribution in [0.4, 0.5) is 0 Å². The van der Waals surface area contributed by atoms with E-state index in [9.17, 15) is 0 Å². The third kappa shape index (κ3) is 2.84. The number of hydrogen-bond donors (Lipinski definition) is 1. The summed E-state index contributed by atoms with van der Waals surface area (Å²) in [5, 5.41) is 4.05. The van der Waals surface area contributed by atoms with Crippen LogP contribution in [0.5, 0.6) is 0 Å². The predicted octanol–water partition coefficient (Wildman–Crippen LogP) is 2.93. The standard InChI is InChI=1S/C15H19N3O/c16-10-12-4-7-13(8-5-12)15-17-14(19-18-15)9-6-11-2-1-3-11/h4-5,7-8,11H,1-3,6,9-10,16H2. The first kappa shape index (κ1) is 12.4. The zero-order valence-electron chi connectivity index (χ0n) is 11.0. The molecule has 1 aromatic carbocycles. The van der Waals surface area contributed by atoms with Crippen molar-refractivity contribution in [1.82, 2.24) is 10.1 Å². The average molecular weight is 257 g/mol. The van der Waals surface area contributed by atoms with E-state index in [2.05, 4.69) is 10.1 Å². The van der Waals surface area contributed by atoms with Crippen LogP contribution >= 0.6 is 0 Å². The molecule has 2 N–H and O–H groups in total. The monoisotopic (exact) mass is 257 g/mol. The first-order valence-corrected chi connectivity index (χ1v) is 6.97. The van der Waals surface area contributed by atoms with E-state index >= 15 is 0 Å². The smallest absolute Gasteiger partial charge is 0.226 e. The van der Waals surface area contributed by atoms with Gasteiger partial charge in [-0.25, -0.2) is 0 Å². The molecule has 0 atom stereocenters. The molecule has 0 bridgehead atoms. The fourth-order valence-corrected chi connectivity index (χ4v) is 2.37. The van der Waals surface area contributed by atoms with Crippen molar-refractivity contribution in [1.29, 1.82) is 0 Å². The summed E-state index contributed by atoms with van der Waals surface area (Å²) in [6.07, 6.45) is 6.18. The van der Waals surface area contributed by atoms with Crippen molar-refractivity contribution >= 4 is 0 Å². The quantitative estimate of drug-likeness (QED) is 0.894. The third-order valence-electron chi connectivity index (χ3n) is 3.91. The second kappa shape index (κ2) is 5.53. The molecular weight excluding hydrogens is 238 g/mol. The van der Waals surface area contributed by atoms with Gasteiger partial charge in [0.2, 0.25) is 11.7 Å². The van der Waals surface area contributed by atoms with E-state index in [0.29, 0.717) is 12.4 Å². The highest BCUT2D eigenvalue weighted by molar-refractivity contribution is 5.54. The van der Waals surface area contributed by atoms with E-state index in [1.807, 2.05) is 24.3 Å². The molecule has 2 aromatic rings. The SMILES string of the molecule is NCc1ccc(-c2noc(CCC3CCC3)n2)cc1. The van der Waals surface area contributed by atoms with E-state index < -0.39 is 0 Å². The van der Waals surface area contributed by atoms with E-state index in [0.717, 1.165) is 29.4 Å². The van der Waals surface area contributed by atoms with Crippen molar-refractivity contribution < 1.29 is 4.52 Å². The maximum atomic E-state index is 5.58. The highest BCUT2D eigenvalue weighted by Crippen LogP contribution is 2.30. The summed E-state index contributed by atoms with van der Waals surface area (Å²) in [6, 6.07) is 7.98. The Hall–Kier alpha value is -1.68. The van der Waals surface area contributed by atoms with E-state index in [4.69, 9.17) is 10.3 Å². The molecule has 0 radical (unpaired) electrons. The van der Waals surface area contributed by atoms with Crippen molar-refractivity contribution in [2.45, 2.75) is 38.6 Å². The Morgan fingerprint density at radius 3 is 2.63 bits per heavy atom. The molecule has 4 nitrogen and oxygen atoms in total. The Kier molecular flexibility index (Phi) is 3.60. The van der Waals surface area contributed by atoms with Crippen LogP contribution < -0.4 is 5.73 Å². The van der Waals surface area contributed by atoms with Crippen molar-refractivity contribution in [3.8, 4) is 11.4 Å². The topological polar surface area (TPSA) is 64.9 Å². The number of rotatable bonds is 5. The van der Waals surface area contributed by atoms with Gasteiger partial charge in [-0.2, -0.15) is 4.98 Å². The van der Waals surface area contributed by atoms with E-state index in [1.54, 1.807) is 0 Å². The summed E-state index contributed by atoms with van der Waals surface area (Å²) < 4.78 is 5.31. The molecule has 0 unspecified atom stereocenters. The van der Waals surface area contributed by atoms with Crippen molar-refractivity contribution in [3.05, 3.63) is 35.7 Å². The zero-order valence-corrected chi connectivity index (χ0v) is 11.0. The minimum Gasteiger partial charge on any atom is -0.339 e. The highest BCUT2D eigenvalue weighted by Gasteiger charge is 2.18. The lowest BCUT2D eigenvalue weighted by Crippen LogP contribution is -2.11. The van der Waals surface area contributed by atoms with Crippen LogP contribution in [0.3, 0.4) is 0 Å². The van der Waals surface area contributed by atoms with Gasteiger partial charge in [0.05, 0.1) is 0 Å². The molecule has 0 spiro atoms. The van der Waals surface area contributed by atoms with E-state index in [-0.39, 0.29) is 0 Å².